The number of piperidine rings is 1. The third-order valence-corrected chi connectivity index (χ3v) is 8.99. The molecule has 4 bridgehead atoms. The maximum Gasteiger partial charge on any atom is 0.246 e. The lowest BCUT2D eigenvalue weighted by Gasteiger charge is -2.70. The highest BCUT2D eigenvalue weighted by Crippen LogP contribution is 2.74. The number of rotatable bonds is 3. The minimum atomic E-state index is -1.34. The van der Waals surface area contributed by atoms with Crippen LogP contribution in [0.2, 0.25) is 6.82 Å². The van der Waals surface area contributed by atoms with Gasteiger partial charge >= 0.3 is 0 Å². The van der Waals surface area contributed by atoms with Gasteiger partial charge in [0, 0.05) is 17.0 Å². The van der Waals surface area contributed by atoms with Crippen molar-refractivity contribution in [2.45, 2.75) is 49.2 Å². The van der Waals surface area contributed by atoms with Crippen molar-refractivity contribution in [2.24, 2.45) is 11.3 Å². The summed E-state index contributed by atoms with van der Waals surface area (Å²) >= 11 is 0. The van der Waals surface area contributed by atoms with E-state index in [1.54, 1.807) is 26.4 Å². The standard InChI is InChI=1S/C23H28BN2O4/c1-24-26(3)19(27)14-12-21-7-8-23(14,28)20-22(21)9-10-25(2)16(21)11-13-5-6-15(29-4)18(30-20)17(13)22/h5-8,14,16,20,28H,9-12H2,1-4H3/t14-,16-,20?,21-,22+,23-/m1/s1. The Kier molecular flexibility index (Phi) is 3.52. The summed E-state index contributed by atoms with van der Waals surface area (Å²) in [4.78, 5) is 17.4. The molecule has 30 heavy (non-hydrogen) atoms. The van der Waals surface area contributed by atoms with Crippen LogP contribution < -0.4 is 9.47 Å². The molecule has 1 aromatic carbocycles. The van der Waals surface area contributed by atoms with E-state index in [1.807, 2.05) is 19.0 Å². The summed E-state index contributed by atoms with van der Waals surface area (Å²) in [5.74, 6) is 0.919. The van der Waals surface area contributed by atoms with Crippen LogP contribution in [-0.2, 0) is 16.6 Å². The van der Waals surface area contributed by atoms with Gasteiger partial charge in [0.05, 0.1) is 18.4 Å². The van der Waals surface area contributed by atoms with Crippen LogP contribution in [0.15, 0.2) is 24.3 Å². The molecule has 1 saturated heterocycles. The number of ether oxygens (including phenoxy) is 2. The molecule has 1 radical (unpaired) electrons. The number of amides is 1. The Labute approximate surface area is 178 Å². The van der Waals surface area contributed by atoms with Gasteiger partial charge in [-0.25, -0.2) is 0 Å². The highest BCUT2D eigenvalue weighted by atomic mass is 16.5. The number of benzene rings is 1. The van der Waals surface area contributed by atoms with Crippen molar-refractivity contribution in [3.8, 4) is 11.5 Å². The van der Waals surface area contributed by atoms with Gasteiger partial charge in [-0.2, -0.15) is 0 Å². The molecule has 1 N–H and O–H groups in total. The van der Waals surface area contributed by atoms with Crippen LogP contribution in [0.3, 0.4) is 0 Å². The quantitative estimate of drug-likeness (QED) is 0.606. The van der Waals surface area contributed by atoms with Gasteiger partial charge in [0.25, 0.3) is 0 Å². The summed E-state index contributed by atoms with van der Waals surface area (Å²) in [5.41, 5.74) is 0.613. The number of fused-ring (bicyclic) bond motifs is 1. The molecule has 0 aromatic heterocycles. The first-order chi connectivity index (χ1) is 14.3. The number of hydrogen-bond acceptors (Lipinski definition) is 5. The van der Waals surface area contributed by atoms with E-state index in [-0.39, 0.29) is 22.8 Å². The Morgan fingerprint density at radius 2 is 2.20 bits per heavy atom. The Bertz CT molecular complexity index is 998. The molecule has 7 rings (SSSR count). The first-order valence-electron chi connectivity index (χ1n) is 10.9. The molecule has 2 fully saturated rings. The van der Waals surface area contributed by atoms with Gasteiger partial charge in [0.1, 0.15) is 11.7 Å². The Morgan fingerprint density at radius 1 is 1.40 bits per heavy atom. The Balaban J connectivity index is 1.63. The second-order valence-corrected chi connectivity index (χ2v) is 9.78. The molecule has 157 valence electrons. The van der Waals surface area contributed by atoms with Crippen LogP contribution in [0.25, 0.3) is 0 Å². The molecule has 6 atom stereocenters. The van der Waals surface area contributed by atoms with Crippen molar-refractivity contribution in [1.29, 1.82) is 0 Å². The fourth-order valence-electron chi connectivity index (χ4n) is 7.56. The third kappa shape index (κ3) is 1.77. The molecule has 1 aromatic rings. The van der Waals surface area contributed by atoms with E-state index in [2.05, 4.69) is 24.1 Å². The smallest absolute Gasteiger partial charge is 0.246 e. The molecule has 2 aliphatic heterocycles. The molecule has 6 nitrogen and oxygen atoms in total. The lowest BCUT2D eigenvalue weighted by atomic mass is 9.37. The first-order valence-corrected chi connectivity index (χ1v) is 10.9. The second kappa shape index (κ2) is 5.62. The fourth-order valence-corrected chi connectivity index (χ4v) is 7.56. The topological polar surface area (TPSA) is 62.2 Å². The summed E-state index contributed by atoms with van der Waals surface area (Å²) in [5, 5.41) is 12.1. The van der Waals surface area contributed by atoms with Crippen LogP contribution in [0.4, 0.5) is 0 Å². The average molecular weight is 407 g/mol. The van der Waals surface area contributed by atoms with E-state index in [4.69, 9.17) is 9.47 Å². The van der Waals surface area contributed by atoms with Crippen LogP contribution in [0.1, 0.15) is 24.0 Å². The molecule has 1 unspecified atom stereocenters. The molecular formula is C23H28BN2O4. The SMILES string of the molecule is C[B]N(C)C(=O)[C@H]1C[C@@]23C=C[C@]1(O)C1Oc4c(OC)ccc5c4[C@@]12CCN(C)[C@@H]3C5. The van der Waals surface area contributed by atoms with Crippen LogP contribution in [0.5, 0.6) is 11.5 Å². The normalized spacial score (nSPS) is 41.8. The van der Waals surface area contributed by atoms with E-state index in [1.165, 1.54) is 11.1 Å². The molecule has 1 saturated carbocycles. The van der Waals surface area contributed by atoms with Crippen molar-refractivity contribution in [2.75, 3.05) is 27.7 Å². The number of aliphatic hydroxyl groups is 1. The lowest BCUT2D eigenvalue weighted by molar-refractivity contribution is -0.206. The highest BCUT2D eigenvalue weighted by molar-refractivity contribution is 6.35. The van der Waals surface area contributed by atoms with E-state index in [0.29, 0.717) is 6.42 Å². The number of methoxy groups -OCH3 is 1. The predicted molar refractivity (Wildman–Crippen MR) is 113 cm³/mol. The number of carbonyl (C=O) groups is 1. The molecule has 7 heteroatoms. The highest BCUT2D eigenvalue weighted by Gasteiger charge is 2.79. The van der Waals surface area contributed by atoms with Crippen LogP contribution >= 0.6 is 0 Å². The summed E-state index contributed by atoms with van der Waals surface area (Å²) in [6.07, 6.45) is 6.11. The summed E-state index contributed by atoms with van der Waals surface area (Å²) in [7, 11) is 7.39. The zero-order valence-corrected chi connectivity index (χ0v) is 18.0. The maximum absolute atomic E-state index is 13.4. The van der Waals surface area contributed by atoms with Crippen molar-refractivity contribution < 1.29 is 19.4 Å². The van der Waals surface area contributed by atoms with Gasteiger partial charge in [-0.05, 0) is 51.5 Å². The maximum atomic E-state index is 13.4. The number of likely N-dealkylation sites (N-methyl/N-ethyl adjacent to an activating group) is 1. The van der Waals surface area contributed by atoms with Gasteiger partial charge in [0.2, 0.25) is 13.3 Å². The number of likely N-dealkylation sites (tertiary alicyclic amines) is 1. The number of carbonyl (C=O) groups excluding carboxylic acids is 1. The zero-order chi connectivity index (χ0) is 21.1. The van der Waals surface area contributed by atoms with Crippen LogP contribution in [0, 0.1) is 11.3 Å². The molecule has 6 aliphatic rings. The summed E-state index contributed by atoms with van der Waals surface area (Å²) in [6.45, 7) is 2.80. The Hall–Kier alpha value is -1.99. The van der Waals surface area contributed by atoms with Crippen molar-refractivity contribution in [1.82, 2.24) is 9.71 Å². The largest absolute Gasteiger partial charge is 0.493 e. The van der Waals surface area contributed by atoms with Gasteiger partial charge in [-0.3, -0.25) is 4.79 Å². The van der Waals surface area contributed by atoms with Crippen LogP contribution in [-0.4, -0.2) is 73.6 Å². The molecule has 2 spiro atoms. The number of nitrogens with zero attached hydrogens (tertiary/aromatic N) is 2. The fraction of sp³-hybridized carbons (Fsp3) is 0.609. The summed E-state index contributed by atoms with van der Waals surface area (Å²) in [6, 6.07) is 4.43. The van der Waals surface area contributed by atoms with Crippen molar-refractivity contribution >= 4 is 13.3 Å². The zero-order valence-electron chi connectivity index (χ0n) is 18.0. The van der Waals surface area contributed by atoms with Gasteiger partial charge in [-0.1, -0.05) is 25.0 Å². The van der Waals surface area contributed by atoms with E-state index in [9.17, 15) is 9.90 Å². The number of hydrogen-bond donors (Lipinski definition) is 1. The van der Waals surface area contributed by atoms with Gasteiger partial charge in [0.15, 0.2) is 11.5 Å². The third-order valence-electron chi connectivity index (χ3n) is 8.99. The second-order valence-electron chi connectivity index (χ2n) is 9.78. The minimum Gasteiger partial charge on any atom is -0.493 e. The molecule has 2 heterocycles. The average Bonchev–Trinajstić information content (AvgIpc) is 3.12. The van der Waals surface area contributed by atoms with Gasteiger partial charge in [-0.15, -0.1) is 0 Å². The molecular weight excluding hydrogens is 379 g/mol. The predicted octanol–water partition coefficient (Wildman–Crippen LogP) is 1.39. The Morgan fingerprint density at radius 3 is 2.93 bits per heavy atom. The van der Waals surface area contributed by atoms with Crippen molar-refractivity contribution in [3.63, 3.8) is 0 Å². The molecule has 4 aliphatic carbocycles. The summed E-state index contributed by atoms with van der Waals surface area (Å²) < 4.78 is 12.3. The van der Waals surface area contributed by atoms with Gasteiger partial charge < -0.3 is 24.3 Å². The lowest BCUT2D eigenvalue weighted by Crippen LogP contribution is -2.79. The van der Waals surface area contributed by atoms with E-state index >= 15 is 0 Å². The minimum absolute atomic E-state index is 0.0448. The van der Waals surface area contributed by atoms with E-state index < -0.39 is 17.6 Å². The molecule has 1 amide bonds. The first kappa shape index (κ1) is 18.8. The monoisotopic (exact) mass is 407 g/mol. The van der Waals surface area contributed by atoms with Crippen molar-refractivity contribution in [3.05, 3.63) is 35.4 Å². The van der Waals surface area contributed by atoms with E-state index in [0.717, 1.165) is 30.9 Å².